The summed E-state index contributed by atoms with van der Waals surface area (Å²) < 4.78 is 1.47. The van der Waals surface area contributed by atoms with E-state index in [4.69, 9.17) is 5.11 Å². The quantitative estimate of drug-likeness (QED) is 0.362. The zero-order chi connectivity index (χ0) is 23.1. The lowest BCUT2D eigenvalue weighted by Crippen LogP contribution is -2.27. The normalized spacial score (nSPS) is 10.7. The van der Waals surface area contributed by atoms with E-state index in [1.165, 1.54) is 17.6 Å². The number of nitrogens with zero attached hydrogens (tertiary/aromatic N) is 3. The highest BCUT2D eigenvalue weighted by Crippen LogP contribution is 2.19. The van der Waals surface area contributed by atoms with Crippen molar-refractivity contribution in [3.63, 3.8) is 0 Å². The summed E-state index contributed by atoms with van der Waals surface area (Å²) in [7, 11) is 0. The molecule has 10 nitrogen and oxygen atoms in total. The maximum atomic E-state index is 12.7. The number of benzene rings is 1. The number of hydrogen-bond acceptors (Lipinski definition) is 7. The molecule has 0 unspecified atom stereocenters. The van der Waals surface area contributed by atoms with Gasteiger partial charge in [-0.1, -0.05) is 0 Å². The average molecular weight is 438 g/mol. The van der Waals surface area contributed by atoms with E-state index >= 15 is 0 Å². The van der Waals surface area contributed by atoms with Crippen LogP contribution in [0.15, 0.2) is 41.2 Å². The molecule has 0 aliphatic heterocycles. The monoisotopic (exact) mass is 438 g/mol. The molecule has 10 heteroatoms. The maximum Gasteiger partial charge on any atom is 0.256 e. The summed E-state index contributed by atoms with van der Waals surface area (Å²) in [6, 6.07) is 9.78. The first-order valence-corrected chi connectivity index (χ1v) is 10.3. The summed E-state index contributed by atoms with van der Waals surface area (Å²) in [5.74, 6) is -0.0274. The SMILES string of the molecule is CC(=O)NCCNc1nc(C)c2ccc(=O)n(-c3ccc(C(=O)NCCCO)cc3)c2n1. The number of aliphatic hydroxyl groups excluding tert-OH is 1. The molecule has 3 aromatic rings. The third kappa shape index (κ3) is 5.46. The number of rotatable bonds is 9. The predicted molar refractivity (Wildman–Crippen MR) is 121 cm³/mol. The van der Waals surface area contributed by atoms with Crippen LogP contribution in [0.25, 0.3) is 16.7 Å². The molecule has 32 heavy (non-hydrogen) atoms. The number of nitrogens with one attached hydrogen (secondary N) is 3. The second-order valence-electron chi connectivity index (χ2n) is 7.17. The van der Waals surface area contributed by atoms with Crippen LogP contribution in [0, 0.1) is 6.92 Å². The Kier molecular flexibility index (Phi) is 7.50. The van der Waals surface area contributed by atoms with E-state index in [0.29, 0.717) is 54.6 Å². The number of carbonyl (C=O) groups excluding carboxylic acids is 2. The Hall–Kier alpha value is -3.79. The second kappa shape index (κ2) is 10.5. The van der Waals surface area contributed by atoms with Crippen LogP contribution >= 0.6 is 0 Å². The molecule has 0 spiro atoms. The Balaban J connectivity index is 1.91. The number of pyridine rings is 1. The standard InChI is InChI=1S/C22H26N6O4/c1-14-18-8-9-19(31)28(20(18)27-22(26-14)25-12-11-23-15(2)30)17-6-4-16(5-7-17)21(32)24-10-3-13-29/h4-9,29H,3,10-13H2,1-2H3,(H,23,30)(H,24,32)(H,25,26,27). The van der Waals surface area contributed by atoms with Crippen LogP contribution in [0.4, 0.5) is 5.95 Å². The highest BCUT2D eigenvalue weighted by Gasteiger charge is 2.13. The van der Waals surface area contributed by atoms with E-state index in [9.17, 15) is 14.4 Å². The maximum absolute atomic E-state index is 12.7. The fourth-order valence-corrected chi connectivity index (χ4v) is 3.15. The zero-order valence-electron chi connectivity index (χ0n) is 18.0. The molecule has 0 aliphatic rings. The van der Waals surface area contributed by atoms with E-state index < -0.39 is 0 Å². The molecule has 0 aliphatic carbocycles. The Morgan fingerprint density at radius 1 is 1.00 bits per heavy atom. The van der Waals surface area contributed by atoms with Gasteiger partial charge < -0.3 is 21.1 Å². The zero-order valence-corrected chi connectivity index (χ0v) is 18.0. The third-order valence-corrected chi connectivity index (χ3v) is 4.73. The van der Waals surface area contributed by atoms with E-state index in [1.807, 2.05) is 6.92 Å². The van der Waals surface area contributed by atoms with Crippen molar-refractivity contribution in [3.8, 4) is 5.69 Å². The lowest BCUT2D eigenvalue weighted by Gasteiger charge is -2.13. The molecule has 2 amide bonds. The third-order valence-electron chi connectivity index (χ3n) is 4.73. The number of fused-ring (bicyclic) bond motifs is 1. The molecule has 0 saturated heterocycles. The highest BCUT2D eigenvalue weighted by atomic mass is 16.3. The largest absolute Gasteiger partial charge is 0.396 e. The smallest absolute Gasteiger partial charge is 0.256 e. The van der Waals surface area contributed by atoms with Gasteiger partial charge in [-0.15, -0.1) is 0 Å². The molecule has 168 valence electrons. The fourth-order valence-electron chi connectivity index (χ4n) is 3.15. The van der Waals surface area contributed by atoms with Crippen molar-refractivity contribution >= 4 is 28.8 Å². The van der Waals surface area contributed by atoms with E-state index in [-0.39, 0.29) is 24.0 Å². The highest BCUT2D eigenvalue weighted by molar-refractivity contribution is 5.94. The van der Waals surface area contributed by atoms with Crippen LogP contribution in [0.2, 0.25) is 0 Å². The van der Waals surface area contributed by atoms with Crippen molar-refractivity contribution in [3.05, 3.63) is 58.0 Å². The number of aryl methyl sites for hydroxylation is 1. The Morgan fingerprint density at radius 2 is 1.75 bits per heavy atom. The summed E-state index contributed by atoms with van der Waals surface area (Å²) in [4.78, 5) is 44.9. The van der Waals surface area contributed by atoms with Gasteiger partial charge in [-0.3, -0.25) is 19.0 Å². The van der Waals surface area contributed by atoms with Crippen LogP contribution in [0.5, 0.6) is 0 Å². The van der Waals surface area contributed by atoms with Gasteiger partial charge in [0.25, 0.3) is 11.5 Å². The summed E-state index contributed by atoms with van der Waals surface area (Å²) in [5, 5.41) is 18.0. The summed E-state index contributed by atoms with van der Waals surface area (Å²) in [5.41, 5.74) is 1.89. The van der Waals surface area contributed by atoms with Gasteiger partial charge in [0.1, 0.15) is 0 Å². The second-order valence-corrected chi connectivity index (χ2v) is 7.17. The Labute approximate surface area is 184 Å². The number of aliphatic hydroxyl groups is 1. The summed E-state index contributed by atoms with van der Waals surface area (Å²) >= 11 is 0. The molecular weight excluding hydrogens is 412 g/mol. The minimum Gasteiger partial charge on any atom is -0.396 e. The van der Waals surface area contributed by atoms with Crippen molar-refractivity contribution in [2.75, 3.05) is 31.6 Å². The molecule has 0 bridgehead atoms. The Bertz CT molecular complexity index is 1170. The first-order valence-electron chi connectivity index (χ1n) is 10.3. The van der Waals surface area contributed by atoms with Crippen molar-refractivity contribution < 1.29 is 14.7 Å². The minimum atomic E-state index is -0.264. The van der Waals surface area contributed by atoms with Gasteiger partial charge in [0.05, 0.1) is 11.4 Å². The van der Waals surface area contributed by atoms with Crippen molar-refractivity contribution in [1.29, 1.82) is 0 Å². The van der Waals surface area contributed by atoms with Gasteiger partial charge in [0, 0.05) is 50.2 Å². The first kappa shape index (κ1) is 22.9. The van der Waals surface area contributed by atoms with Crippen LogP contribution in [-0.2, 0) is 4.79 Å². The number of aromatic nitrogens is 3. The van der Waals surface area contributed by atoms with Crippen molar-refractivity contribution in [2.45, 2.75) is 20.3 Å². The van der Waals surface area contributed by atoms with Crippen LogP contribution in [0.1, 0.15) is 29.4 Å². The van der Waals surface area contributed by atoms with Gasteiger partial charge in [-0.25, -0.2) is 4.98 Å². The number of amides is 2. The molecule has 3 rings (SSSR count). The molecule has 2 heterocycles. The summed E-state index contributed by atoms with van der Waals surface area (Å²) in [6.07, 6.45) is 0.482. The van der Waals surface area contributed by atoms with Crippen LogP contribution < -0.4 is 21.5 Å². The van der Waals surface area contributed by atoms with Crippen molar-refractivity contribution in [2.24, 2.45) is 0 Å². The van der Waals surface area contributed by atoms with Gasteiger partial charge in [-0.2, -0.15) is 4.98 Å². The van der Waals surface area contributed by atoms with Crippen LogP contribution in [0.3, 0.4) is 0 Å². The fraction of sp³-hybridized carbons (Fsp3) is 0.318. The van der Waals surface area contributed by atoms with Gasteiger partial charge in [0.2, 0.25) is 11.9 Å². The average Bonchev–Trinajstić information content (AvgIpc) is 2.77. The lowest BCUT2D eigenvalue weighted by molar-refractivity contribution is -0.118. The topological polar surface area (TPSA) is 138 Å². The molecule has 0 fully saturated rings. The molecule has 0 saturated carbocycles. The van der Waals surface area contributed by atoms with Crippen LogP contribution in [-0.4, -0.2) is 57.7 Å². The van der Waals surface area contributed by atoms with Crippen molar-refractivity contribution in [1.82, 2.24) is 25.2 Å². The molecule has 0 radical (unpaired) electrons. The molecule has 4 N–H and O–H groups in total. The molecule has 2 aromatic heterocycles. The van der Waals surface area contributed by atoms with Gasteiger partial charge in [-0.05, 0) is 43.7 Å². The number of carbonyl (C=O) groups is 2. The summed E-state index contributed by atoms with van der Waals surface area (Å²) in [6.45, 7) is 4.51. The number of anilines is 1. The molecular formula is C22H26N6O4. The molecule has 1 aromatic carbocycles. The van der Waals surface area contributed by atoms with Gasteiger partial charge in [0.15, 0.2) is 5.65 Å². The van der Waals surface area contributed by atoms with Gasteiger partial charge >= 0.3 is 0 Å². The Morgan fingerprint density at radius 3 is 2.44 bits per heavy atom. The first-order chi connectivity index (χ1) is 15.4. The number of hydrogen-bond donors (Lipinski definition) is 4. The van der Waals surface area contributed by atoms with E-state index in [2.05, 4.69) is 25.9 Å². The predicted octanol–water partition coefficient (Wildman–Crippen LogP) is 0.749. The van der Waals surface area contributed by atoms with E-state index in [1.54, 1.807) is 30.3 Å². The van der Waals surface area contributed by atoms with E-state index in [0.717, 1.165) is 5.39 Å². The molecule has 0 atom stereocenters. The lowest BCUT2D eigenvalue weighted by atomic mass is 10.1. The minimum absolute atomic E-state index is 0.00851.